The van der Waals surface area contributed by atoms with Crippen LogP contribution in [-0.4, -0.2) is 31.1 Å². The van der Waals surface area contributed by atoms with E-state index in [9.17, 15) is 0 Å². The van der Waals surface area contributed by atoms with Crippen LogP contribution >= 0.6 is 11.6 Å². The Balaban J connectivity index is 1.62. The fourth-order valence-electron chi connectivity index (χ4n) is 3.57. The van der Waals surface area contributed by atoms with Gasteiger partial charge in [0.25, 0.3) is 0 Å². The van der Waals surface area contributed by atoms with Crippen molar-refractivity contribution in [1.82, 2.24) is 10.2 Å². The molecule has 1 heterocycles. The molecule has 1 saturated heterocycles. The predicted octanol–water partition coefficient (Wildman–Crippen LogP) is 5.13. The molecule has 138 valence electrons. The molecule has 1 N–H and O–H groups in total. The smallest absolute Gasteiger partial charge is 0.127 e. The standard InChI is InChI=1S/C23H23ClN2O/c24-22-9-5-4-8-21(22)23(26-16-14-25-15-17-26)18-10-12-20(13-11-18)27-19-6-2-1-3-7-19/h1-13,23,25H,14-17H2. The van der Waals surface area contributed by atoms with Crippen LogP contribution in [0.3, 0.4) is 0 Å². The Bertz CT molecular complexity index is 861. The molecule has 3 aromatic carbocycles. The predicted molar refractivity (Wildman–Crippen MR) is 111 cm³/mol. The van der Waals surface area contributed by atoms with Gasteiger partial charge in [-0.3, -0.25) is 4.90 Å². The lowest BCUT2D eigenvalue weighted by molar-refractivity contribution is 0.198. The lowest BCUT2D eigenvalue weighted by Crippen LogP contribution is -2.45. The summed E-state index contributed by atoms with van der Waals surface area (Å²) >= 11 is 6.56. The summed E-state index contributed by atoms with van der Waals surface area (Å²) in [7, 11) is 0. The topological polar surface area (TPSA) is 24.5 Å². The first kappa shape index (κ1) is 18.1. The zero-order valence-electron chi connectivity index (χ0n) is 15.1. The van der Waals surface area contributed by atoms with Crippen LogP contribution in [-0.2, 0) is 0 Å². The number of ether oxygens (including phenoxy) is 1. The molecule has 0 radical (unpaired) electrons. The zero-order valence-corrected chi connectivity index (χ0v) is 15.9. The Labute approximate surface area is 165 Å². The molecule has 0 spiro atoms. The van der Waals surface area contributed by atoms with E-state index in [2.05, 4.69) is 34.5 Å². The number of para-hydroxylation sites is 1. The fraction of sp³-hybridized carbons (Fsp3) is 0.217. The zero-order chi connectivity index (χ0) is 18.5. The van der Waals surface area contributed by atoms with Crippen LogP contribution in [0.15, 0.2) is 78.9 Å². The van der Waals surface area contributed by atoms with Crippen LogP contribution < -0.4 is 10.1 Å². The molecule has 0 amide bonds. The third-order valence-corrected chi connectivity index (χ3v) is 5.24. The first-order valence-electron chi connectivity index (χ1n) is 9.33. The normalized spacial score (nSPS) is 16.0. The summed E-state index contributed by atoms with van der Waals surface area (Å²) in [4.78, 5) is 2.49. The second-order valence-corrected chi connectivity index (χ2v) is 7.10. The number of nitrogens with one attached hydrogen (secondary N) is 1. The van der Waals surface area contributed by atoms with Gasteiger partial charge in [-0.2, -0.15) is 0 Å². The molecule has 3 aromatic rings. The number of piperazine rings is 1. The monoisotopic (exact) mass is 378 g/mol. The molecule has 4 heteroatoms. The SMILES string of the molecule is Clc1ccccc1C(c1ccc(Oc2ccccc2)cc1)N1CCNCC1. The molecule has 1 fully saturated rings. The minimum atomic E-state index is 0.145. The van der Waals surface area contributed by atoms with Crippen molar-refractivity contribution in [2.45, 2.75) is 6.04 Å². The Morgan fingerprint density at radius 1 is 0.778 bits per heavy atom. The van der Waals surface area contributed by atoms with Gasteiger partial charge >= 0.3 is 0 Å². The summed E-state index contributed by atoms with van der Waals surface area (Å²) in [5, 5.41) is 4.24. The highest BCUT2D eigenvalue weighted by molar-refractivity contribution is 6.31. The van der Waals surface area contributed by atoms with Crippen LogP contribution in [0.2, 0.25) is 5.02 Å². The van der Waals surface area contributed by atoms with Crippen molar-refractivity contribution in [3.8, 4) is 11.5 Å². The molecule has 0 saturated carbocycles. The summed E-state index contributed by atoms with van der Waals surface area (Å²) in [6.07, 6.45) is 0. The summed E-state index contributed by atoms with van der Waals surface area (Å²) in [6, 6.07) is 26.5. The summed E-state index contributed by atoms with van der Waals surface area (Å²) in [5.41, 5.74) is 2.38. The van der Waals surface area contributed by atoms with E-state index in [0.717, 1.165) is 48.3 Å². The molecule has 27 heavy (non-hydrogen) atoms. The van der Waals surface area contributed by atoms with E-state index >= 15 is 0 Å². The molecule has 1 atom stereocenters. The van der Waals surface area contributed by atoms with Crippen LogP contribution in [0.25, 0.3) is 0 Å². The third-order valence-electron chi connectivity index (χ3n) is 4.89. The average Bonchev–Trinajstić information content (AvgIpc) is 2.72. The van der Waals surface area contributed by atoms with E-state index in [4.69, 9.17) is 16.3 Å². The highest BCUT2D eigenvalue weighted by Gasteiger charge is 2.25. The van der Waals surface area contributed by atoms with Crippen LogP contribution in [0.5, 0.6) is 11.5 Å². The molecular formula is C23H23ClN2O. The molecule has 1 aliphatic rings. The maximum absolute atomic E-state index is 6.56. The molecule has 4 rings (SSSR count). The van der Waals surface area contributed by atoms with Gasteiger partial charge in [-0.15, -0.1) is 0 Å². The minimum Gasteiger partial charge on any atom is -0.457 e. The maximum atomic E-state index is 6.56. The van der Waals surface area contributed by atoms with E-state index < -0.39 is 0 Å². The van der Waals surface area contributed by atoms with Crippen molar-refractivity contribution in [2.75, 3.05) is 26.2 Å². The number of hydrogen-bond donors (Lipinski definition) is 1. The van der Waals surface area contributed by atoms with E-state index in [1.165, 1.54) is 5.56 Å². The lowest BCUT2D eigenvalue weighted by atomic mass is 9.96. The Morgan fingerprint density at radius 2 is 1.41 bits per heavy atom. The van der Waals surface area contributed by atoms with Crippen LogP contribution in [0.4, 0.5) is 0 Å². The van der Waals surface area contributed by atoms with Gasteiger partial charge in [0.1, 0.15) is 11.5 Å². The van der Waals surface area contributed by atoms with E-state index in [-0.39, 0.29) is 6.04 Å². The minimum absolute atomic E-state index is 0.145. The Kier molecular flexibility index (Phi) is 5.73. The fourth-order valence-corrected chi connectivity index (χ4v) is 3.81. The second-order valence-electron chi connectivity index (χ2n) is 6.69. The molecule has 0 bridgehead atoms. The molecule has 1 aliphatic heterocycles. The molecule has 3 nitrogen and oxygen atoms in total. The number of benzene rings is 3. The van der Waals surface area contributed by atoms with E-state index in [0.29, 0.717) is 0 Å². The summed E-state index contributed by atoms with van der Waals surface area (Å²) < 4.78 is 5.94. The van der Waals surface area contributed by atoms with E-state index in [1.807, 2.05) is 54.6 Å². The van der Waals surface area contributed by atoms with Gasteiger partial charge in [0.05, 0.1) is 6.04 Å². The van der Waals surface area contributed by atoms with Crippen molar-refractivity contribution < 1.29 is 4.74 Å². The highest BCUT2D eigenvalue weighted by Crippen LogP contribution is 2.34. The molecule has 1 unspecified atom stereocenters. The van der Waals surface area contributed by atoms with Gasteiger partial charge < -0.3 is 10.1 Å². The number of nitrogens with zero attached hydrogens (tertiary/aromatic N) is 1. The van der Waals surface area contributed by atoms with Crippen LogP contribution in [0, 0.1) is 0 Å². The van der Waals surface area contributed by atoms with Crippen molar-refractivity contribution in [2.24, 2.45) is 0 Å². The van der Waals surface area contributed by atoms with Crippen LogP contribution in [0.1, 0.15) is 17.2 Å². The van der Waals surface area contributed by atoms with Crippen molar-refractivity contribution >= 4 is 11.6 Å². The highest BCUT2D eigenvalue weighted by atomic mass is 35.5. The first-order chi connectivity index (χ1) is 13.3. The third kappa shape index (κ3) is 4.33. The van der Waals surface area contributed by atoms with Gasteiger partial charge in [0, 0.05) is 31.2 Å². The molecular weight excluding hydrogens is 356 g/mol. The van der Waals surface area contributed by atoms with Crippen molar-refractivity contribution in [3.63, 3.8) is 0 Å². The summed E-state index contributed by atoms with van der Waals surface area (Å²) in [5.74, 6) is 1.68. The van der Waals surface area contributed by atoms with Crippen molar-refractivity contribution in [1.29, 1.82) is 0 Å². The molecule has 0 aromatic heterocycles. The van der Waals surface area contributed by atoms with Gasteiger partial charge in [0.2, 0.25) is 0 Å². The number of hydrogen-bond acceptors (Lipinski definition) is 3. The Morgan fingerprint density at radius 3 is 2.11 bits per heavy atom. The van der Waals surface area contributed by atoms with Crippen molar-refractivity contribution in [3.05, 3.63) is 95.0 Å². The van der Waals surface area contributed by atoms with E-state index in [1.54, 1.807) is 0 Å². The number of halogens is 1. The molecule has 0 aliphatic carbocycles. The maximum Gasteiger partial charge on any atom is 0.127 e. The number of rotatable bonds is 5. The second kappa shape index (κ2) is 8.57. The average molecular weight is 379 g/mol. The van der Waals surface area contributed by atoms with Gasteiger partial charge in [-0.1, -0.05) is 60.1 Å². The lowest BCUT2D eigenvalue weighted by Gasteiger charge is -2.36. The van der Waals surface area contributed by atoms with Gasteiger partial charge in [-0.25, -0.2) is 0 Å². The first-order valence-corrected chi connectivity index (χ1v) is 9.71. The Hall–Kier alpha value is -2.33. The quantitative estimate of drug-likeness (QED) is 0.666. The van der Waals surface area contributed by atoms with Gasteiger partial charge in [0.15, 0.2) is 0 Å². The largest absolute Gasteiger partial charge is 0.457 e. The summed E-state index contributed by atoms with van der Waals surface area (Å²) in [6.45, 7) is 3.99. The van der Waals surface area contributed by atoms with Gasteiger partial charge in [-0.05, 0) is 41.5 Å².